The highest BCUT2D eigenvalue weighted by Gasteiger charge is 2.70. The molecular weight excluding hydrogens is 456 g/mol. The molecule has 2 aliphatic heterocycles. The van der Waals surface area contributed by atoms with Crippen molar-refractivity contribution in [2.45, 2.75) is 44.3 Å². The van der Waals surface area contributed by atoms with Gasteiger partial charge in [0, 0.05) is 5.57 Å². The first-order valence-corrected chi connectivity index (χ1v) is 12.1. The van der Waals surface area contributed by atoms with E-state index in [2.05, 4.69) is 13.5 Å². The van der Waals surface area contributed by atoms with Crippen LogP contribution in [0.25, 0.3) is 0 Å². The van der Waals surface area contributed by atoms with E-state index in [0.29, 0.717) is 23.3 Å². The average Bonchev–Trinajstić information content (AvgIpc) is 3.39. The van der Waals surface area contributed by atoms with Crippen LogP contribution in [-0.4, -0.2) is 33.3 Å². The van der Waals surface area contributed by atoms with Crippen LogP contribution in [-0.2, 0) is 39.7 Å². The molecule has 2 unspecified atom stereocenters. The minimum absolute atomic E-state index is 0.112. The Hall–Kier alpha value is -3.64. The lowest BCUT2D eigenvalue weighted by molar-refractivity contribution is -0.139. The fraction of sp³-hybridized carbons (Fsp3) is 0.333. The van der Waals surface area contributed by atoms with Crippen molar-refractivity contribution in [2.24, 2.45) is 0 Å². The van der Waals surface area contributed by atoms with Crippen LogP contribution in [0.1, 0.15) is 49.8 Å². The van der Waals surface area contributed by atoms with Crippen LogP contribution >= 0.6 is 0 Å². The molecule has 2 aromatic carbocycles. The number of ether oxygens (including phenoxy) is 4. The van der Waals surface area contributed by atoms with Crippen LogP contribution in [0.4, 0.5) is 0 Å². The molecule has 4 rings (SSSR count). The summed E-state index contributed by atoms with van der Waals surface area (Å²) in [6.07, 6.45) is 2.27. The fourth-order valence-corrected chi connectivity index (χ4v) is 5.62. The summed E-state index contributed by atoms with van der Waals surface area (Å²) >= 11 is 0. The van der Waals surface area contributed by atoms with Gasteiger partial charge in [0.1, 0.15) is 5.76 Å². The molecule has 36 heavy (non-hydrogen) atoms. The van der Waals surface area contributed by atoms with Crippen molar-refractivity contribution in [3.8, 4) is 0 Å². The normalized spacial score (nSPS) is 22.6. The summed E-state index contributed by atoms with van der Waals surface area (Å²) in [7, 11) is 4.18. The summed E-state index contributed by atoms with van der Waals surface area (Å²) in [4.78, 5) is 27.2. The molecular formula is C30H32O6. The second-order valence-corrected chi connectivity index (χ2v) is 9.00. The molecule has 2 aromatic rings. The standard InChI is InChI=1S/C30H32O6/c1-7-8-16-23(26(33-4)19(2)3)30-22-18-13-12-17-21(22)29(36-30,20-14-10-9-11-15-20)24(27(31)34-5)25(30)28(32)35-6/h9-15,17-18H,2,7-8,16H2,1,3-6H3/b26-23-. The van der Waals surface area contributed by atoms with E-state index >= 15 is 0 Å². The third kappa shape index (κ3) is 3.43. The second-order valence-electron chi connectivity index (χ2n) is 9.00. The maximum Gasteiger partial charge on any atom is 0.338 e. The molecule has 0 radical (unpaired) electrons. The first kappa shape index (κ1) is 25.5. The lowest BCUT2D eigenvalue weighted by atomic mass is 9.67. The first-order chi connectivity index (χ1) is 17.3. The van der Waals surface area contributed by atoms with Gasteiger partial charge in [-0.25, -0.2) is 9.59 Å². The minimum atomic E-state index is -1.43. The summed E-state index contributed by atoms with van der Waals surface area (Å²) in [6, 6.07) is 17.1. The van der Waals surface area contributed by atoms with Crippen LogP contribution < -0.4 is 0 Å². The number of benzene rings is 2. The largest absolute Gasteiger partial charge is 0.496 e. The van der Waals surface area contributed by atoms with Crippen LogP contribution in [0.5, 0.6) is 0 Å². The third-order valence-corrected chi connectivity index (χ3v) is 6.98. The summed E-state index contributed by atoms with van der Waals surface area (Å²) in [6.45, 7) is 8.08. The van der Waals surface area contributed by atoms with Crippen molar-refractivity contribution < 1.29 is 28.5 Å². The van der Waals surface area contributed by atoms with Crippen molar-refractivity contribution in [2.75, 3.05) is 21.3 Å². The van der Waals surface area contributed by atoms with Gasteiger partial charge in [-0.1, -0.05) is 74.5 Å². The van der Waals surface area contributed by atoms with Crippen LogP contribution in [0, 0.1) is 0 Å². The second kappa shape index (κ2) is 9.78. The van der Waals surface area contributed by atoms with E-state index in [1.807, 2.05) is 61.5 Å². The molecule has 2 aliphatic rings. The van der Waals surface area contributed by atoms with Gasteiger partial charge >= 0.3 is 11.9 Å². The minimum Gasteiger partial charge on any atom is -0.496 e. The van der Waals surface area contributed by atoms with Crippen molar-refractivity contribution >= 4 is 11.9 Å². The molecule has 6 nitrogen and oxygen atoms in total. The third-order valence-electron chi connectivity index (χ3n) is 6.98. The Labute approximate surface area is 212 Å². The van der Waals surface area contributed by atoms with Gasteiger partial charge in [0.05, 0.1) is 32.5 Å². The lowest BCUT2D eigenvalue weighted by Gasteiger charge is -2.33. The van der Waals surface area contributed by atoms with Crippen molar-refractivity contribution in [3.05, 3.63) is 106 Å². The summed E-state index contributed by atoms with van der Waals surface area (Å²) in [5.74, 6) is -0.775. The number of hydrogen-bond acceptors (Lipinski definition) is 6. The topological polar surface area (TPSA) is 71.1 Å². The molecule has 0 fully saturated rings. The Morgan fingerprint density at radius 1 is 0.861 bits per heavy atom. The predicted octanol–water partition coefficient (Wildman–Crippen LogP) is 5.48. The highest BCUT2D eigenvalue weighted by atomic mass is 16.6. The van der Waals surface area contributed by atoms with Crippen molar-refractivity contribution in [1.82, 2.24) is 0 Å². The van der Waals surface area contributed by atoms with Gasteiger partial charge in [0.2, 0.25) is 0 Å². The number of carbonyl (C=O) groups excluding carboxylic acids is 2. The maximum absolute atomic E-state index is 13.6. The number of esters is 2. The molecule has 0 amide bonds. The molecule has 2 atom stereocenters. The molecule has 0 saturated carbocycles. The van der Waals surface area contributed by atoms with E-state index in [9.17, 15) is 9.59 Å². The summed E-state index contributed by atoms with van der Waals surface area (Å²) < 4.78 is 23.5. The molecule has 6 heteroatoms. The zero-order valence-corrected chi connectivity index (χ0v) is 21.5. The van der Waals surface area contributed by atoms with Crippen molar-refractivity contribution in [1.29, 1.82) is 0 Å². The van der Waals surface area contributed by atoms with E-state index < -0.39 is 23.1 Å². The zero-order chi connectivity index (χ0) is 26.1. The molecule has 0 N–H and O–H groups in total. The van der Waals surface area contributed by atoms with Gasteiger partial charge in [0.15, 0.2) is 11.2 Å². The Kier molecular flexibility index (Phi) is 6.92. The lowest BCUT2D eigenvalue weighted by Crippen LogP contribution is -2.36. The average molecular weight is 489 g/mol. The molecule has 0 aromatic heterocycles. The van der Waals surface area contributed by atoms with Crippen molar-refractivity contribution in [3.63, 3.8) is 0 Å². The summed E-state index contributed by atoms with van der Waals surface area (Å²) in [5.41, 5.74) is 1.09. The highest BCUT2D eigenvalue weighted by Crippen LogP contribution is 2.67. The van der Waals surface area contributed by atoms with Crippen LogP contribution in [0.15, 0.2) is 89.2 Å². The molecule has 0 aliphatic carbocycles. The van der Waals surface area contributed by atoms with Gasteiger partial charge in [-0.15, -0.1) is 0 Å². The Balaban J connectivity index is 2.24. The molecule has 2 bridgehead atoms. The molecule has 0 spiro atoms. The summed E-state index contributed by atoms with van der Waals surface area (Å²) in [5, 5.41) is 0. The predicted molar refractivity (Wildman–Crippen MR) is 136 cm³/mol. The maximum atomic E-state index is 13.6. The first-order valence-electron chi connectivity index (χ1n) is 12.1. The molecule has 2 heterocycles. The smallest absolute Gasteiger partial charge is 0.338 e. The van der Waals surface area contributed by atoms with E-state index in [0.717, 1.165) is 29.5 Å². The van der Waals surface area contributed by atoms with E-state index in [4.69, 9.17) is 18.9 Å². The Bertz CT molecular complexity index is 1270. The fourth-order valence-electron chi connectivity index (χ4n) is 5.62. The highest BCUT2D eigenvalue weighted by molar-refractivity contribution is 6.07. The number of methoxy groups -OCH3 is 3. The number of unbranched alkanes of at least 4 members (excludes halogenated alkanes) is 1. The van der Waals surface area contributed by atoms with Gasteiger partial charge in [0.25, 0.3) is 0 Å². The van der Waals surface area contributed by atoms with Gasteiger partial charge in [-0.3, -0.25) is 0 Å². The zero-order valence-electron chi connectivity index (χ0n) is 21.5. The number of carbonyl (C=O) groups is 2. The molecule has 188 valence electrons. The van der Waals surface area contributed by atoms with Crippen LogP contribution in [0.3, 0.4) is 0 Å². The number of fused-ring (bicyclic) bond motifs is 5. The van der Waals surface area contributed by atoms with Gasteiger partial charge in [-0.05, 0) is 42.0 Å². The number of rotatable bonds is 9. The van der Waals surface area contributed by atoms with E-state index in [1.165, 1.54) is 14.2 Å². The molecule has 0 saturated heterocycles. The quantitative estimate of drug-likeness (QED) is 0.265. The van der Waals surface area contributed by atoms with Crippen LogP contribution in [0.2, 0.25) is 0 Å². The van der Waals surface area contributed by atoms with E-state index in [1.54, 1.807) is 7.11 Å². The number of hydrogen-bond donors (Lipinski definition) is 0. The Morgan fingerprint density at radius 2 is 1.44 bits per heavy atom. The number of allylic oxidation sites excluding steroid dienone is 1. The Morgan fingerprint density at radius 3 is 2.00 bits per heavy atom. The van der Waals surface area contributed by atoms with Gasteiger partial charge < -0.3 is 18.9 Å². The van der Waals surface area contributed by atoms with Gasteiger partial charge in [-0.2, -0.15) is 0 Å². The van der Waals surface area contributed by atoms with E-state index in [-0.39, 0.29) is 11.1 Å². The SMILES string of the molecule is C=C(C)/C(OC)=C(\CCCC)C12OC(c3ccccc3)(C(C(=O)OC)=C1C(=O)OC)c1ccccc12. The monoisotopic (exact) mass is 488 g/mol.